The fraction of sp³-hybridized carbons (Fsp3) is 0.412. The zero-order chi connectivity index (χ0) is 14.4. The molecule has 0 spiro atoms. The lowest BCUT2D eigenvalue weighted by Gasteiger charge is -2.15. The van der Waals surface area contributed by atoms with Gasteiger partial charge in [0, 0.05) is 6.54 Å². The minimum Gasteiger partial charge on any atom is -0.465 e. The molecule has 0 aliphatic rings. The number of likely N-dealkylation sites (N-methyl/N-ethyl adjacent to an activating group) is 1. The first kappa shape index (κ1) is 14.8. The summed E-state index contributed by atoms with van der Waals surface area (Å²) in [5.74, 6) is 2.00. The highest BCUT2D eigenvalue weighted by molar-refractivity contribution is 5.22. The van der Waals surface area contributed by atoms with Crippen molar-refractivity contribution in [1.29, 1.82) is 0 Å². The van der Waals surface area contributed by atoms with Gasteiger partial charge in [-0.15, -0.1) is 0 Å². The van der Waals surface area contributed by atoms with Crippen molar-refractivity contribution in [3.63, 3.8) is 0 Å². The van der Waals surface area contributed by atoms with Gasteiger partial charge in [-0.1, -0.05) is 24.3 Å². The Morgan fingerprint density at radius 2 is 1.70 bits per heavy atom. The highest BCUT2D eigenvalue weighted by Crippen LogP contribution is 2.12. The van der Waals surface area contributed by atoms with Crippen LogP contribution in [0.5, 0.6) is 0 Å². The molecule has 1 aromatic heterocycles. The van der Waals surface area contributed by atoms with Gasteiger partial charge >= 0.3 is 0 Å². The Hall–Kier alpha value is -1.58. The van der Waals surface area contributed by atoms with E-state index in [-0.39, 0.29) is 0 Å². The molecule has 0 aliphatic carbocycles. The summed E-state index contributed by atoms with van der Waals surface area (Å²) in [6, 6.07) is 12.9. The van der Waals surface area contributed by atoms with Gasteiger partial charge in [0.15, 0.2) is 0 Å². The third-order valence-electron chi connectivity index (χ3n) is 3.36. The summed E-state index contributed by atoms with van der Waals surface area (Å²) in [6.07, 6.45) is 1.08. The third kappa shape index (κ3) is 4.51. The molecule has 1 aromatic carbocycles. The number of nitrogens with one attached hydrogen (secondary N) is 1. The molecule has 0 aliphatic heterocycles. The summed E-state index contributed by atoms with van der Waals surface area (Å²) in [4.78, 5) is 2.26. The predicted octanol–water partition coefficient (Wildman–Crippen LogP) is 2.98. The van der Waals surface area contributed by atoms with Crippen molar-refractivity contribution in [3.8, 4) is 0 Å². The minimum atomic E-state index is 0.843. The molecule has 0 atom stereocenters. The van der Waals surface area contributed by atoms with Gasteiger partial charge in [0.25, 0.3) is 0 Å². The van der Waals surface area contributed by atoms with E-state index < -0.39 is 0 Å². The van der Waals surface area contributed by atoms with Gasteiger partial charge in [0.2, 0.25) is 0 Å². The Morgan fingerprint density at radius 1 is 1.00 bits per heavy atom. The molecule has 3 nitrogen and oxygen atoms in total. The smallest absolute Gasteiger partial charge is 0.118 e. The van der Waals surface area contributed by atoms with Gasteiger partial charge in [-0.2, -0.15) is 0 Å². The van der Waals surface area contributed by atoms with E-state index in [1.54, 1.807) is 0 Å². The van der Waals surface area contributed by atoms with E-state index in [0.29, 0.717) is 0 Å². The summed E-state index contributed by atoms with van der Waals surface area (Å²) in [5.41, 5.74) is 2.72. The largest absolute Gasteiger partial charge is 0.465 e. The molecule has 0 radical (unpaired) electrons. The molecule has 0 saturated heterocycles. The standard InChI is InChI=1S/C17H24N2O/c1-14-4-9-17(20-14)13-19(3)12-16-7-5-15(6-8-16)10-11-18-2/h4-9,18H,10-13H2,1-3H3. The molecule has 3 heteroatoms. The minimum absolute atomic E-state index is 0.843. The summed E-state index contributed by atoms with van der Waals surface area (Å²) in [6.45, 7) is 4.78. The second-order valence-electron chi connectivity index (χ2n) is 5.35. The maximum atomic E-state index is 5.61. The maximum absolute atomic E-state index is 5.61. The van der Waals surface area contributed by atoms with Crippen molar-refractivity contribution in [2.45, 2.75) is 26.4 Å². The van der Waals surface area contributed by atoms with Gasteiger partial charge in [-0.3, -0.25) is 4.90 Å². The lowest BCUT2D eigenvalue weighted by molar-refractivity contribution is 0.285. The van der Waals surface area contributed by atoms with Crippen LogP contribution in [0.2, 0.25) is 0 Å². The Morgan fingerprint density at radius 3 is 2.30 bits per heavy atom. The van der Waals surface area contributed by atoms with Crippen molar-refractivity contribution in [2.75, 3.05) is 20.6 Å². The van der Waals surface area contributed by atoms with Crippen LogP contribution < -0.4 is 5.32 Å². The number of nitrogens with zero attached hydrogens (tertiary/aromatic N) is 1. The van der Waals surface area contributed by atoms with E-state index in [1.165, 1.54) is 11.1 Å². The number of furan rings is 1. The second-order valence-corrected chi connectivity index (χ2v) is 5.35. The maximum Gasteiger partial charge on any atom is 0.118 e. The molecule has 0 unspecified atom stereocenters. The van der Waals surface area contributed by atoms with Crippen molar-refractivity contribution in [1.82, 2.24) is 10.2 Å². The van der Waals surface area contributed by atoms with E-state index in [2.05, 4.69) is 41.5 Å². The van der Waals surface area contributed by atoms with Crippen molar-refractivity contribution in [2.24, 2.45) is 0 Å². The number of hydrogen-bond donors (Lipinski definition) is 1. The highest BCUT2D eigenvalue weighted by atomic mass is 16.3. The molecule has 20 heavy (non-hydrogen) atoms. The van der Waals surface area contributed by atoms with E-state index in [9.17, 15) is 0 Å². The SMILES string of the molecule is CNCCc1ccc(CN(C)Cc2ccc(C)o2)cc1. The highest BCUT2D eigenvalue weighted by Gasteiger charge is 2.05. The summed E-state index contributed by atoms with van der Waals surface area (Å²) >= 11 is 0. The van der Waals surface area contributed by atoms with Crippen LogP contribution in [-0.2, 0) is 19.5 Å². The number of hydrogen-bond acceptors (Lipinski definition) is 3. The fourth-order valence-electron chi connectivity index (χ4n) is 2.28. The molecule has 1 heterocycles. The average Bonchev–Trinajstić information content (AvgIpc) is 2.83. The molecule has 0 amide bonds. The first-order chi connectivity index (χ1) is 9.67. The molecule has 2 rings (SSSR count). The fourth-order valence-corrected chi connectivity index (χ4v) is 2.28. The van der Waals surface area contributed by atoms with Crippen LogP contribution in [0.25, 0.3) is 0 Å². The summed E-state index contributed by atoms with van der Waals surface area (Å²) < 4.78 is 5.61. The van der Waals surface area contributed by atoms with E-state index in [0.717, 1.165) is 37.6 Å². The molecule has 0 fully saturated rings. The van der Waals surface area contributed by atoms with Gasteiger partial charge in [0.05, 0.1) is 6.54 Å². The molecular weight excluding hydrogens is 248 g/mol. The van der Waals surface area contributed by atoms with Crippen LogP contribution in [0.4, 0.5) is 0 Å². The third-order valence-corrected chi connectivity index (χ3v) is 3.36. The molecule has 0 bridgehead atoms. The topological polar surface area (TPSA) is 28.4 Å². The van der Waals surface area contributed by atoms with Gasteiger partial charge in [0.1, 0.15) is 11.5 Å². The van der Waals surface area contributed by atoms with Crippen LogP contribution in [0, 0.1) is 6.92 Å². The van der Waals surface area contributed by atoms with Crippen LogP contribution in [-0.4, -0.2) is 25.5 Å². The Balaban J connectivity index is 1.85. The lowest BCUT2D eigenvalue weighted by atomic mass is 10.1. The molecular formula is C17H24N2O. The van der Waals surface area contributed by atoms with Crippen LogP contribution in [0.1, 0.15) is 22.6 Å². The average molecular weight is 272 g/mol. The van der Waals surface area contributed by atoms with Gasteiger partial charge in [-0.25, -0.2) is 0 Å². The Bertz CT molecular complexity index is 516. The van der Waals surface area contributed by atoms with E-state index in [1.807, 2.05) is 26.1 Å². The quantitative estimate of drug-likeness (QED) is 0.840. The molecule has 0 saturated carbocycles. The zero-order valence-corrected chi connectivity index (χ0v) is 12.6. The van der Waals surface area contributed by atoms with Crippen molar-refractivity contribution in [3.05, 3.63) is 59.0 Å². The van der Waals surface area contributed by atoms with Crippen molar-refractivity contribution < 1.29 is 4.42 Å². The molecule has 108 valence electrons. The van der Waals surface area contributed by atoms with E-state index >= 15 is 0 Å². The monoisotopic (exact) mass is 272 g/mol. The second kappa shape index (κ2) is 7.27. The number of aryl methyl sites for hydroxylation is 1. The predicted molar refractivity (Wildman–Crippen MR) is 82.7 cm³/mol. The normalized spacial score (nSPS) is 11.2. The van der Waals surface area contributed by atoms with Crippen molar-refractivity contribution >= 4 is 0 Å². The lowest BCUT2D eigenvalue weighted by Crippen LogP contribution is -2.16. The zero-order valence-electron chi connectivity index (χ0n) is 12.6. The van der Waals surface area contributed by atoms with E-state index in [4.69, 9.17) is 4.42 Å². The van der Waals surface area contributed by atoms with Crippen LogP contribution in [0.3, 0.4) is 0 Å². The Kier molecular flexibility index (Phi) is 5.39. The van der Waals surface area contributed by atoms with Crippen LogP contribution >= 0.6 is 0 Å². The van der Waals surface area contributed by atoms with Gasteiger partial charge in [-0.05, 0) is 57.2 Å². The van der Waals surface area contributed by atoms with Crippen LogP contribution in [0.15, 0.2) is 40.8 Å². The Labute approximate surface area is 121 Å². The first-order valence-corrected chi connectivity index (χ1v) is 7.13. The van der Waals surface area contributed by atoms with Gasteiger partial charge < -0.3 is 9.73 Å². The molecule has 1 N–H and O–H groups in total. The number of benzene rings is 1. The first-order valence-electron chi connectivity index (χ1n) is 7.13. The molecule has 2 aromatic rings. The number of rotatable bonds is 7. The summed E-state index contributed by atoms with van der Waals surface area (Å²) in [5, 5.41) is 3.17. The summed E-state index contributed by atoms with van der Waals surface area (Å²) in [7, 11) is 4.10.